The third kappa shape index (κ3) is 3.85. The highest BCUT2D eigenvalue weighted by Crippen LogP contribution is 2.35. The van der Waals surface area contributed by atoms with Gasteiger partial charge >= 0.3 is 12.0 Å². The number of carboxylic acid groups (broad SMARTS) is 1. The Morgan fingerprint density at radius 3 is 2.04 bits per heavy atom. The molecule has 7 heteroatoms. The average Bonchev–Trinajstić information content (AvgIpc) is 2.72. The molecule has 3 aromatic rings. The first-order chi connectivity index (χ1) is 13.4. The summed E-state index contributed by atoms with van der Waals surface area (Å²) in [5, 5.41) is 30.9. The van der Waals surface area contributed by atoms with Crippen molar-refractivity contribution in [1.82, 2.24) is 9.97 Å². The lowest BCUT2D eigenvalue weighted by molar-refractivity contribution is -0.157. The van der Waals surface area contributed by atoms with E-state index in [2.05, 4.69) is 9.97 Å². The van der Waals surface area contributed by atoms with Crippen molar-refractivity contribution in [3.8, 4) is 6.01 Å². The molecule has 1 unspecified atom stereocenters. The molecule has 0 saturated carbocycles. The molecule has 3 N–H and O–H groups in total. The Balaban J connectivity index is 2.13. The Morgan fingerprint density at radius 1 is 1.04 bits per heavy atom. The number of aryl methyl sites for hydroxylation is 1. The topological polar surface area (TPSA) is 113 Å². The van der Waals surface area contributed by atoms with Gasteiger partial charge in [-0.25, -0.2) is 9.78 Å². The number of carboxylic acids is 1. The van der Waals surface area contributed by atoms with Crippen LogP contribution in [0.4, 0.5) is 0 Å². The third-order valence-corrected chi connectivity index (χ3v) is 4.30. The number of aliphatic hydroxyl groups is 2. The lowest BCUT2D eigenvalue weighted by Gasteiger charge is -2.34. The molecular formula is C21H20N2O5. The number of aliphatic hydroxyl groups excluding tert-OH is 1. The third-order valence-electron chi connectivity index (χ3n) is 4.30. The molecule has 0 aliphatic rings. The first kappa shape index (κ1) is 19.5. The second-order valence-corrected chi connectivity index (χ2v) is 6.28. The maximum absolute atomic E-state index is 12.1. The van der Waals surface area contributed by atoms with E-state index in [1.165, 1.54) is 0 Å². The number of carbonyl (C=O) groups is 1. The fraction of sp³-hybridized carbons (Fsp3) is 0.190. The van der Waals surface area contributed by atoms with Crippen molar-refractivity contribution in [3.05, 3.63) is 89.2 Å². The number of hydrogen-bond donors (Lipinski definition) is 3. The minimum absolute atomic E-state index is 0.235. The largest absolute Gasteiger partial charge is 0.478 e. The van der Waals surface area contributed by atoms with E-state index in [-0.39, 0.29) is 18.3 Å². The predicted molar refractivity (Wildman–Crippen MR) is 101 cm³/mol. The Hall–Kier alpha value is -3.29. The van der Waals surface area contributed by atoms with Gasteiger partial charge in [-0.2, -0.15) is 4.98 Å². The molecule has 0 saturated heterocycles. The van der Waals surface area contributed by atoms with Crippen LogP contribution in [0.25, 0.3) is 0 Å². The van der Waals surface area contributed by atoms with Gasteiger partial charge in [0.2, 0.25) is 6.10 Å². The van der Waals surface area contributed by atoms with Crippen molar-refractivity contribution in [3.63, 3.8) is 0 Å². The molecule has 1 aromatic heterocycles. The number of benzene rings is 2. The van der Waals surface area contributed by atoms with Crippen molar-refractivity contribution in [2.45, 2.75) is 25.2 Å². The molecule has 2 aromatic carbocycles. The van der Waals surface area contributed by atoms with E-state index in [0.717, 1.165) is 0 Å². The number of aliphatic carboxylic acids is 1. The molecule has 3 rings (SSSR count). The molecule has 0 aliphatic carbocycles. The highest BCUT2D eigenvalue weighted by Gasteiger charge is 2.47. The average molecular weight is 380 g/mol. The van der Waals surface area contributed by atoms with Crippen LogP contribution < -0.4 is 4.74 Å². The predicted octanol–water partition coefficient (Wildman–Crippen LogP) is 2.05. The van der Waals surface area contributed by atoms with Gasteiger partial charge in [-0.3, -0.25) is 0 Å². The minimum atomic E-state index is -2.00. The summed E-state index contributed by atoms with van der Waals surface area (Å²) in [5.41, 5.74) is -0.510. The second-order valence-electron chi connectivity index (χ2n) is 6.28. The molecule has 0 amide bonds. The Labute approximate surface area is 161 Å². The summed E-state index contributed by atoms with van der Waals surface area (Å²) in [6.45, 7) is 1.32. The standard InChI is InChI=1S/C21H20N2O5/c1-14-12-17(13-24)23-20(22-14)28-18(19(25)26)21(27,15-8-4-2-5-9-15)16-10-6-3-7-11-16/h2-12,18,24,27H,13H2,1H3,(H,25,26). The monoisotopic (exact) mass is 380 g/mol. The zero-order valence-corrected chi connectivity index (χ0v) is 15.2. The van der Waals surface area contributed by atoms with E-state index in [1.54, 1.807) is 73.7 Å². The molecule has 0 bridgehead atoms. The van der Waals surface area contributed by atoms with Crippen LogP contribution in [0.1, 0.15) is 22.5 Å². The quantitative estimate of drug-likeness (QED) is 0.575. The highest BCUT2D eigenvalue weighted by molar-refractivity contribution is 5.76. The summed E-state index contributed by atoms with van der Waals surface area (Å²) < 4.78 is 5.59. The SMILES string of the molecule is Cc1cc(CO)nc(OC(C(=O)O)C(O)(c2ccccc2)c2ccccc2)n1. The van der Waals surface area contributed by atoms with Crippen LogP contribution in [0.15, 0.2) is 66.7 Å². The van der Waals surface area contributed by atoms with E-state index in [4.69, 9.17) is 4.74 Å². The van der Waals surface area contributed by atoms with Crippen LogP contribution in [0.3, 0.4) is 0 Å². The van der Waals surface area contributed by atoms with E-state index in [9.17, 15) is 20.1 Å². The number of aromatic nitrogens is 2. The number of rotatable bonds is 7. The lowest BCUT2D eigenvalue weighted by Crippen LogP contribution is -2.49. The molecule has 7 nitrogen and oxygen atoms in total. The summed E-state index contributed by atoms with van der Waals surface area (Å²) >= 11 is 0. The normalized spacial score (nSPS) is 12.4. The fourth-order valence-electron chi connectivity index (χ4n) is 3.01. The van der Waals surface area contributed by atoms with Gasteiger partial charge < -0.3 is 20.1 Å². The van der Waals surface area contributed by atoms with Gasteiger partial charge in [0.05, 0.1) is 12.3 Å². The van der Waals surface area contributed by atoms with Gasteiger partial charge in [-0.15, -0.1) is 0 Å². The van der Waals surface area contributed by atoms with Crippen molar-refractivity contribution in [2.24, 2.45) is 0 Å². The van der Waals surface area contributed by atoms with Gasteiger partial charge in [-0.1, -0.05) is 60.7 Å². The lowest BCUT2D eigenvalue weighted by atomic mass is 9.81. The van der Waals surface area contributed by atoms with E-state index in [0.29, 0.717) is 16.8 Å². The van der Waals surface area contributed by atoms with Gasteiger partial charge in [0.25, 0.3) is 0 Å². The minimum Gasteiger partial charge on any atom is -0.478 e. The summed E-state index contributed by atoms with van der Waals surface area (Å²) in [6.07, 6.45) is -1.73. The summed E-state index contributed by atoms with van der Waals surface area (Å²) in [6, 6.07) is 18.2. The first-order valence-electron chi connectivity index (χ1n) is 8.63. The van der Waals surface area contributed by atoms with Crippen LogP contribution in [0, 0.1) is 6.92 Å². The van der Waals surface area contributed by atoms with Gasteiger partial charge in [-0.05, 0) is 24.1 Å². The van der Waals surface area contributed by atoms with Crippen LogP contribution in [0.5, 0.6) is 6.01 Å². The van der Waals surface area contributed by atoms with Gasteiger partial charge in [0, 0.05) is 5.69 Å². The van der Waals surface area contributed by atoms with Gasteiger partial charge in [0.15, 0.2) is 5.60 Å². The van der Waals surface area contributed by atoms with E-state index < -0.39 is 17.7 Å². The maximum atomic E-state index is 12.1. The Kier molecular flexibility index (Phi) is 5.67. The summed E-state index contributed by atoms with van der Waals surface area (Å²) in [7, 11) is 0. The zero-order chi connectivity index (χ0) is 20.1. The van der Waals surface area contributed by atoms with E-state index in [1.807, 2.05) is 0 Å². The smallest absolute Gasteiger partial charge is 0.348 e. The van der Waals surface area contributed by atoms with Crippen molar-refractivity contribution in [1.29, 1.82) is 0 Å². The first-order valence-corrected chi connectivity index (χ1v) is 8.63. The van der Waals surface area contributed by atoms with Crippen LogP contribution in [-0.4, -0.2) is 37.4 Å². The molecule has 1 atom stereocenters. The Bertz CT molecular complexity index is 908. The van der Waals surface area contributed by atoms with Gasteiger partial charge in [0.1, 0.15) is 0 Å². The molecule has 28 heavy (non-hydrogen) atoms. The van der Waals surface area contributed by atoms with Crippen LogP contribution in [-0.2, 0) is 17.0 Å². The fourth-order valence-corrected chi connectivity index (χ4v) is 3.01. The molecule has 144 valence electrons. The second kappa shape index (κ2) is 8.16. The van der Waals surface area contributed by atoms with Crippen molar-refractivity contribution < 1.29 is 24.9 Å². The number of nitrogens with zero attached hydrogens (tertiary/aromatic N) is 2. The van der Waals surface area contributed by atoms with Crippen LogP contribution in [0.2, 0.25) is 0 Å². The van der Waals surface area contributed by atoms with Crippen molar-refractivity contribution in [2.75, 3.05) is 0 Å². The van der Waals surface area contributed by atoms with E-state index >= 15 is 0 Å². The summed E-state index contributed by atoms with van der Waals surface area (Å²) in [4.78, 5) is 20.2. The highest BCUT2D eigenvalue weighted by atomic mass is 16.5. The zero-order valence-electron chi connectivity index (χ0n) is 15.2. The number of ether oxygens (including phenoxy) is 1. The number of hydrogen-bond acceptors (Lipinski definition) is 6. The molecule has 0 aliphatic heterocycles. The summed E-state index contributed by atoms with van der Waals surface area (Å²) in [5.74, 6) is -1.38. The van der Waals surface area contributed by atoms with Crippen LogP contribution >= 0.6 is 0 Å². The maximum Gasteiger partial charge on any atom is 0.348 e. The molecule has 1 heterocycles. The molecular weight excluding hydrogens is 360 g/mol. The molecule has 0 fully saturated rings. The Morgan fingerprint density at radius 2 is 1.57 bits per heavy atom. The van der Waals surface area contributed by atoms with Crippen molar-refractivity contribution >= 4 is 5.97 Å². The molecule has 0 radical (unpaired) electrons. The molecule has 0 spiro atoms.